The Bertz CT molecular complexity index is 893. The first kappa shape index (κ1) is 15.0. The maximum absolute atomic E-state index is 12.5. The number of halogens is 1. The zero-order valence-electron chi connectivity index (χ0n) is 12.9. The molecule has 0 saturated carbocycles. The molecule has 1 aliphatic rings. The minimum atomic E-state index is -0.137. The number of carbonyl (C=O) groups is 1. The summed E-state index contributed by atoms with van der Waals surface area (Å²) in [5.41, 5.74) is 2.15. The Hall–Kier alpha value is -2.60. The molecule has 1 saturated heterocycles. The molecule has 4 rings (SSSR count). The van der Waals surface area contributed by atoms with Gasteiger partial charge in [-0.1, -0.05) is 17.7 Å². The van der Waals surface area contributed by atoms with E-state index in [1.54, 1.807) is 29.2 Å². The van der Waals surface area contributed by atoms with E-state index in [0.29, 0.717) is 11.2 Å². The van der Waals surface area contributed by atoms with Gasteiger partial charge in [0.15, 0.2) is 5.65 Å². The van der Waals surface area contributed by atoms with Crippen molar-refractivity contribution in [1.29, 1.82) is 0 Å². The van der Waals surface area contributed by atoms with E-state index in [2.05, 4.69) is 20.3 Å². The first-order chi connectivity index (χ1) is 11.7. The number of benzene rings is 1. The quantitative estimate of drug-likeness (QED) is 0.794. The summed E-state index contributed by atoms with van der Waals surface area (Å²) < 4.78 is 1.60. The van der Waals surface area contributed by atoms with Gasteiger partial charge in [0.05, 0.1) is 6.20 Å². The van der Waals surface area contributed by atoms with Crippen molar-refractivity contribution in [3.63, 3.8) is 0 Å². The van der Waals surface area contributed by atoms with E-state index in [-0.39, 0.29) is 11.9 Å². The van der Waals surface area contributed by atoms with Crippen molar-refractivity contribution in [2.75, 3.05) is 18.0 Å². The van der Waals surface area contributed by atoms with Crippen LogP contribution in [0.2, 0.25) is 5.02 Å². The lowest BCUT2D eigenvalue weighted by molar-refractivity contribution is 0.0942. The summed E-state index contributed by atoms with van der Waals surface area (Å²) in [6.07, 6.45) is 5.88. The molecule has 0 bridgehead atoms. The van der Waals surface area contributed by atoms with E-state index in [4.69, 9.17) is 11.6 Å². The molecule has 0 spiro atoms. The third-order valence-electron chi connectivity index (χ3n) is 4.22. The number of rotatable bonds is 3. The topological polar surface area (TPSA) is 62.5 Å². The Morgan fingerprint density at radius 1 is 1.33 bits per heavy atom. The van der Waals surface area contributed by atoms with Crippen molar-refractivity contribution < 1.29 is 4.79 Å². The minimum Gasteiger partial charge on any atom is -0.369 e. The van der Waals surface area contributed by atoms with E-state index in [1.807, 2.05) is 24.3 Å². The van der Waals surface area contributed by atoms with Crippen molar-refractivity contribution in [1.82, 2.24) is 19.9 Å². The van der Waals surface area contributed by atoms with E-state index in [9.17, 15) is 4.79 Å². The highest BCUT2D eigenvalue weighted by atomic mass is 35.5. The predicted octanol–water partition coefficient (Wildman–Crippen LogP) is 2.39. The third kappa shape index (κ3) is 2.80. The van der Waals surface area contributed by atoms with Gasteiger partial charge >= 0.3 is 0 Å². The summed E-state index contributed by atoms with van der Waals surface area (Å²) >= 11 is 6.05. The van der Waals surface area contributed by atoms with Crippen LogP contribution < -0.4 is 10.2 Å². The SMILES string of the molecule is O=C(NC1CCN(c2cccc(Cl)c2)C1)c1cnn2cccnc12. The average Bonchev–Trinajstić information content (AvgIpc) is 3.21. The Balaban J connectivity index is 1.46. The number of amides is 1. The van der Waals surface area contributed by atoms with Gasteiger partial charge in [0.25, 0.3) is 5.91 Å². The second-order valence-electron chi connectivity index (χ2n) is 5.83. The van der Waals surface area contributed by atoms with Crippen LogP contribution in [0.25, 0.3) is 5.65 Å². The number of nitrogens with zero attached hydrogens (tertiary/aromatic N) is 4. The van der Waals surface area contributed by atoms with Gasteiger partial charge < -0.3 is 10.2 Å². The lowest BCUT2D eigenvalue weighted by Gasteiger charge is -2.19. The summed E-state index contributed by atoms with van der Waals surface area (Å²) in [6.45, 7) is 1.65. The Kier molecular flexibility index (Phi) is 3.82. The summed E-state index contributed by atoms with van der Waals surface area (Å²) in [4.78, 5) is 19.0. The molecular formula is C17H16ClN5O. The molecule has 122 valence electrons. The standard InChI is InChI=1S/C17H16ClN5O/c18-12-3-1-4-14(9-12)22-8-5-13(11-22)21-17(24)15-10-20-23-7-2-6-19-16(15)23/h1-4,6-7,9-10,13H,5,8,11H2,(H,21,24). The fourth-order valence-electron chi connectivity index (χ4n) is 3.04. The van der Waals surface area contributed by atoms with Crippen molar-refractivity contribution in [3.8, 4) is 0 Å². The zero-order valence-corrected chi connectivity index (χ0v) is 13.6. The van der Waals surface area contributed by atoms with Crippen LogP contribution in [0.3, 0.4) is 0 Å². The molecule has 1 atom stereocenters. The fraction of sp³-hybridized carbons (Fsp3) is 0.235. The highest BCUT2D eigenvalue weighted by molar-refractivity contribution is 6.30. The number of carbonyl (C=O) groups excluding carboxylic acids is 1. The van der Waals surface area contributed by atoms with Crippen molar-refractivity contribution in [2.24, 2.45) is 0 Å². The molecular weight excluding hydrogens is 326 g/mol. The van der Waals surface area contributed by atoms with E-state index in [1.165, 1.54) is 0 Å². The maximum atomic E-state index is 12.5. The Labute approximate surface area is 144 Å². The molecule has 0 radical (unpaired) electrons. The van der Waals surface area contributed by atoms with Crippen LogP contribution in [0.4, 0.5) is 5.69 Å². The van der Waals surface area contributed by atoms with Crippen LogP contribution in [-0.4, -0.2) is 39.6 Å². The van der Waals surface area contributed by atoms with Crippen LogP contribution in [0.5, 0.6) is 0 Å². The largest absolute Gasteiger partial charge is 0.369 e. The molecule has 1 amide bonds. The molecule has 7 heteroatoms. The zero-order chi connectivity index (χ0) is 16.5. The summed E-state index contributed by atoms with van der Waals surface area (Å²) in [5, 5.41) is 7.96. The van der Waals surface area contributed by atoms with Gasteiger partial charge in [0.1, 0.15) is 5.56 Å². The van der Waals surface area contributed by atoms with Crippen LogP contribution >= 0.6 is 11.6 Å². The van der Waals surface area contributed by atoms with Gasteiger partial charge in [-0.2, -0.15) is 5.10 Å². The first-order valence-electron chi connectivity index (χ1n) is 7.80. The van der Waals surface area contributed by atoms with Crippen LogP contribution in [-0.2, 0) is 0 Å². The summed E-state index contributed by atoms with van der Waals surface area (Å²) in [6, 6.07) is 9.65. The first-order valence-corrected chi connectivity index (χ1v) is 8.18. The van der Waals surface area contributed by atoms with Gasteiger partial charge in [-0.3, -0.25) is 4.79 Å². The molecule has 0 aliphatic carbocycles. The molecule has 2 aromatic heterocycles. The van der Waals surface area contributed by atoms with Crippen LogP contribution in [0.15, 0.2) is 48.9 Å². The fourth-order valence-corrected chi connectivity index (χ4v) is 3.22. The van der Waals surface area contributed by atoms with Gasteiger partial charge in [-0.15, -0.1) is 0 Å². The second kappa shape index (κ2) is 6.13. The van der Waals surface area contributed by atoms with Gasteiger partial charge in [-0.05, 0) is 30.7 Å². The van der Waals surface area contributed by atoms with Crippen LogP contribution in [0.1, 0.15) is 16.8 Å². The lowest BCUT2D eigenvalue weighted by Crippen LogP contribution is -2.37. The smallest absolute Gasteiger partial charge is 0.257 e. The van der Waals surface area contributed by atoms with E-state index < -0.39 is 0 Å². The number of hydrogen-bond donors (Lipinski definition) is 1. The molecule has 6 nitrogen and oxygen atoms in total. The van der Waals surface area contributed by atoms with Crippen molar-refractivity contribution in [2.45, 2.75) is 12.5 Å². The van der Waals surface area contributed by atoms with E-state index in [0.717, 1.165) is 30.2 Å². The highest BCUT2D eigenvalue weighted by Crippen LogP contribution is 2.23. The minimum absolute atomic E-state index is 0.0927. The average molecular weight is 342 g/mol. The monoisotopic (exact) mass is 341 g/mol. The molecule has 3 aromatic rings. The Morgan fingerprint density at radius 3 is 3.12 bits per heavy atom. The van der Waals surface area contributed by atoms with Crippen molar-refractivity contribution in [3.05, 3.63) is 59.5 Å². The number of nitrogens with one attached hydrogen (secondary N) is 1. The van der Waals surface area contributed by atoms with Crippen molar-refractivity contribution >= 4 is 28.8 Å². The second-order valence-corrected chi connectivity index (χ2v) is 6.27. The molecule has 1 unspecified atom stereocenters. The van der Waals surface area contributed by atoms with Crippen LogP contribution in [0, 0.1) is 0 Å². The molecule has 1 aromatic carbocycles. The lowest BCUT2D eigenvalue weighted by atomic mass is 10.2. The maximum Gasteiger partial charge on any atom is 0.257 e. The summed E-state index contributed by atoms with van der Waals surface area (Å²) in [7, 11) is 0. The number of fused-ring (bicyclic) bond motifs is 1. The molecule has 24 heavy (non-hydrogen) atoms. The molecule has 1 fully saturated rings. The number of hydrogen-bond acceptors (Lipinski definition) is 4. The molecule has 1 N–H and O–H groups in total. The normalized spacial score (nSPS) is 17.4. The predicted molar refractivity (Wildman–Crippen MR) is 92.5 cm³/mol. The molecule has 1 aliphatic heterocycles. The van der Waals surface area contributed by atoms with Gasteiger partial charge in [0.2, 0.25) is 0 Å². The van der Waals surface area contributed by atoms with E-state index >= 15 is 0 Å². The highest BCUT2D eigenvalue weighted by Gasteiger charge is 2.25. The number of anilines is 1. The number of aromatic nitrogens is 3. The molecule has 3 heterocycles. The third-order valence-corrected chi connectivity index (χ3v) is 4.46. The Morgan fingerprint density at radius 2 is 2.25 bits per heavy atom. The van der Waals surface area contributed by atoms with Gasteiger partial charge in [-0.25, -0.2) is 9.50 Å². The summed E-state index contributed by atoms with van der Waals surface area (Å²) in [5.74, 6) is -0.137. The van der Waals surface area contributed by atoms with Gasteiger partial charge in [0, 0.05) is 42.2 Å².